The topological polar surface area (TPSA) is 72.2 Å². The van der Waals surface area contributed by atoms with Gasteiger partial charge in [0.15, 0.2) is 5.76 Å². The van der Waals surface area contributed by atoms with Gasteiger partial charge in [-0.3, -0.25) is 9.59 Å². The number of carbonyl (C=O) groups is 2. The Balaban J connectivity index is 1.64. The summed E-state index contributed by atoms with van der Waals surface area (Å²) in [4.78, 5) is 28.3. The molecule has 2 amide bonds. The number of allylic oxidation sites excluding steroid dienone is 1. The molecule has 0 saturated carbocycles. The van der Waals surface area contributed by atoms with Crippen LogP contribution in [0.25, 0.3) is 0 Å². The number of amides is 2. The molecule has 7 heteroatoms. The van der Waals surface area contributed by atoms with E-state index in [0.29, 0.717) is 57.3 Å². The van der Waals surface area contributed by atoms with Crippen molar-refractivity contribution in [3.63, 3.8) is 0 Å². The van der Waals surface area contributed by atoms with E-state index in [1.165, 1.54) is 6.26 Å². The van der Waals surface area contributed by atoms with Gasteiger partial charge in [-0.1, -0.05) is 0 Å². The lowest BCUT2D eigenvalue weighted by molar-refractivity contribution is -0.132. The summed E-state index contributed by atoms with van der Waals surface area (Å²) in [5.41, 5.74) is 0. The van der Waals surface area contributed by atoms with Crippen LogP contribution < -0.4 is 0 Å². The minimum Gasteiger partial charge on any atom is -0.491 e. The Kier molecular flexibility index (Phi) is 4.55. The SMILES string of the molecule is CC1=C(C(=O)N2CCCN(C(=O)c3ccco3)CC2)OCCO1. The molecule has 0 unspecified atom stereocenters. The van der Waals surface area contributed by atoms with Gasteiger partial charge in [0.1, 0.15) is 19.0 Å². The van der Waals surface area contributed by atoms with Crippen LogP contribution in [0, 0.1) is 0 Å². The highest BCUT2D eigenvalue weighted by Gasteiger charge is 2.28. The van der Waals surface area contributed by atoms with E-state index in [1.54, 1.807) is 28.9 Å². The highest BCUT2D eigenvalue weighted by atomic mass is 16.6. The minimum absolute atomic E-state index is 0.142. The molecule has 7 nitrogen and oxygen atoms in total. The molecule has 124 valence electrons. The van der Waals surface area contributed by atoms with E-state index in [9.17, 15) is 9.59 Å². The predicted molar refractivity (Wildman–Crippen MR) is 80.4 cm³/mol. The second-order valence-electron chi connectivity index (χ2n) is 5.50. The van der Waals surface area contributed by atoms with Crippen LogP contribution in [0.5, 0.6) is 0 Å². The number of nitrogens with zero attached hydrogens (tertiary/aromatic N) is 2. The number of rotatable bonds is 2. The molecule has 0 radical (unpaired) electrons. The molecular formula is C16H20N2O5. The van der Waals surface area contributed by atoms with E-state index < -0.39 is 0 Å². The summed E-state index contributed by atoms with van der Waals surface area (Å²) in [7, 11) is 0. The van der Waals surface area contributed by atoms with Crippen LogP contribution in [-0.2, 0) is 14.3 Å². The summed E-state index contributed by atoms with van der Waals surface area (Å²) in [5, 5.41) is 0. The lowest BCUT2D eigenvalue weighted by Gasteiger charge is -2.25. The van der Waals surface area contributed by atoms with Crippen LogP contribution in [0.3, 0.4) is 0 Å². The third kappa shape index (κ3) is 3.33. The Morgan fingerprint density at radius 3 is 2.35 bits per heavy atom. The molecule has 23 heavy (non-hydrogen) atoms. The van der Waals surface area contributed by atoms with Crippen LogP contribution in [0.4, 0.5) is 0 Å². The van der Waals surface area contributed by atoms with E-state index in [-0.39, 0.29) is 17.6 Å². The number of carbonyl (C=O) groups excluding carboxylic acids is 2. The van der Waals surface area contributed by atoms with E-state index in [1.807, 2.05) is 0 Å². The van der Waals surface area contributed by atoms with Gasteiger partial charge in [0.25, 0.3) is 11.8 Å². The zero-order chi connectivity index (χ0) is 16.2. The molecule has 0 aromatic carbocycles. The molecule has 1 fully saturated rings. The molecule has 2 aliphatic heterocycles. The van der Waals surface area contributed by atoms with Gasteiger partial charge >= 0.3 is 0 Å². The molecule has 1 aromatic heterocycles. The third-order valence-corrected chi connectivity index (χ3v) is 3.96. The van der Waals surface area contributed by atoms with Crippen molar-refractivity contribution < 1.29 is 23.5 Å². The normalized spacial score (nSPS) is 19.0. The van der Waals surface area contributed by atoms with Gasteiger partial charge in [-0.25, -0.2) is 0 Å². The van der Waals surface area contributed by atoms with Crippen LogP contribution in [0.15, 0.2) is 34.3 Å². The van der Waals surface area contributed by atoms with Gasteiger partial charge in [0.2, 0.25) is 5.76 Å². The highest BCUT2D eigenvalue weighted by Crippen LogP contribution is 2.17. The molecular weight excluding hydrogens is 300 g/mol. The molecule has 0 bridgehead atoms. The fourth-order valence-electron chi connectivity index (χ4n) is 2.74. The standard InChI is InChI=1S/C16H20N2O5/c1-12-14(23-11-10-21-12)16(20)18-6-3-5-17(7-8-18)15(19)13-4-2-9-22-13/h2,4,9H,3,5-8,10-11H2,1H3. The fourth-order valence-corrected chi connectivity index (χ4v) is 2.74. The predicted octanol–water partition coefficient (Wildman–Crippen LogP) is 1.23. The Hall–Kier alpha value is -2.44. The first-order valence-electron chi connectivity index (χ1n) is 7.75. The molecule has 2 aliphatic rings. The van der Waals surface area contributed by atoms with Crippen LogP contribution in [0.2, 0.25) is 0 Å². The first-order chi connectivity index (χ1) is 11.2. The first kappa shape index (κ1) is 15.5. The van der Waals surface area contributed by atoms with Crippen molar-refractivity contribution in [1.82, 2.24) is 9.80 Å². The van der Waals surface area contributed by atoms with Crippen molar-refractivity contribution in [2.45, 2.75) is 13.3 Å². The number of hydrogen-bond donors (Lipinski definition) is 0. The highest BCUT2D eigenvalue weighted by molar-refractivity contribution is 5.93. The molecule has 0 aliphatic carbocycles. The Morgan fingerprint density at radius 1 is 1.00 bits per heavy atom. The lowest BCUT2D eigenvalue weighted by Crippen LogP contribution is -2.39. The second kappa shape index (κ2) is 6.76. The first-order valence-corrected chi connectivity index (χ1v) is 7.75. The maximum absolute atomic E-state index is 12.6. The molecule has 0 spiro atoms. The Morgan fingerprint density at radius 2 is 1.70 bits per heavy atom. The summed E-state index contributed by atoms with van der Waals surface area (Å²) in [5.74, 6) is 0.815. The smallest absolute Gasteiger partial charge is 0.292 e. The second-order valence-corrected chi connectivity index (χ2v) is 5.50. The average Bonchev–Trinajstić information content (AvgIpc) is 2.98. The zero-order valence-corrected chi connectivity index (χ0v) is 13.1. The van der Waals surface area contributed by atoms with E-state index >= 15 is 0 Å². The molecule has 1 saturated heterocycles. The number of hydrogen-bond acceptors (Lipinski definition) is 5. The molecule has 3 heterocycles. The number of furan rings is 1. The quantitative estimate of drug-likeness (QED) is 0.819. The van der Waals surface area contributed by atoms with Crippen molar-refractivity contribution in [2.24, 2.45) is 0 Å². The van der Waals surface area contributed by atoms with Crippen molar-refractivity contribution in [3.8, 4) is 0 Å². The zero-order valence-electron chi connectivity index (χ0n) is 13.1. The lowest BCUT2D eigenvalue weighted by atomic mass is 10.3. The van der Waals surface area contributed by atoms with Gasteiger partial charge < -0.3 is 23.7 Å². The molecule has 1 aromatic rings. The fraction of sp³-hybridized carbons (Fsp3) is 0.500. The van der Waals surface area contributed by atoms with Crippen LogP contribution in [-0.4, -0.2) is 61.0 Å². The van der Waals surface area contributed by atoms with Crippen molar-refractivity contribution in [3.05, 3.63) is 35.7 Å². The summed E-state index contributed by atoms with van der Waals surface area (Å²) in [6, 6.07) is 3.34. The van der Waals surface area contributed by atoms with E-state index in [2.05, 4.69) is 0 Å². The van der Waals surface area contributed by atoms with Gasteiger partial charge in [0.05, 0.1) is 6.26 Å². The molecule has 3 rings (SSSR count). The summed E-state index contributed by atoms with van der Waals surface area (Å²) < 4.78 is 16.0. The monoisotopic (exact) mass is 320 g/mol. The van der Waals surface area contributed by atoms with E-state index in [0.717, 1.165) is 0 Å². The Labute approximate surface area is 134 Å². The van der Waals surface area contributed by atoms with Gasteiger partial charge in [-0.05, 0) is 25.5 Å². The van der Waals surface area contributed by atoms with Gasteiger partial charge in [0, 0.05) is 26.2 Å². The number of ether oxygens (including phenoxy) is 2. The maximum atomic E-state index is 12.6. The van der Waals surface area contributed by atoms with Gasteiger partial charge in [-0.15, -0.1) is 0 Å². The van der Waals surface area contributed by atoms with Crippen molar-refractivity contribution in [2.75, 3.05) is 39.4 Å². The summed E-state index contributed by atoms with van der Waals surface area (Å²) in [6.07, 6.45) is 2.20. The van der Waals surface area contributed by atoms with Crippen molar-refractivity contribution >= 4 is 11.8 Å². The minimum atomic E-state index is -0.172. The Bertz CT molecular complexity index is 608. The largest absolute Gasteiger partial charge is 0.491 e. The van der Waals surface area contributed by atoms with Crippen LogP contribution >= 0.6 is 0 Å². The summed E-state index contributed by atoms with van der Waals surface area (Å²) >= 11 is 0. The van der Waals surface area contributed by atoms with Crippen molar-refractivity contribution in [1.29, 1.82) is 0 Å². The maximum Gasteiger partial charge on any atom is 0.292 e. The average molecular weight is 320 g/mol. The molecule has 0 N–H and O–H groups in total. The summed E-state index contributed by atoms with van der Waals surface area (Å²) in [6.45, 7) is 4.70. The van der Waals surface area contributed by atoms with Crippen LogP contribution in [0.1, 0.15) is 23.9 Å². The van der Waals surface area contributed by atoms with Gasteiger partial charge in [-0.2, -0.15) is 0 Å². The third-order valence-electron chi connectivity index (χ3n) is 3.96. The van der Waals surface area contributed by atoms with E-state index in [4.69, 9.17) is 13.9 Å². The molecule has 0 atom stereocenters.